The smallest absolute Gasteiger partial charge is 0.274 e. The number of nitrogens with two attached hydrogens (primary N) is 1. The zero-order valence-electron chi connectivity index (χ0n) is 14.2. The second kappa shape index (κ2) is 7.59. The van der Waals surface area contributed by atoms with Crippen LogP contribution < -0.4 is 11.1 Å². The molecule has 2 amide bonds. The van der Waals surface area contributed by atoms with Crippen molar-refractivity contribution < 1.29 is 9.59 Å². The Balaban J connectivity index is 2.04. The van der Waals surface area contributed by atoms with E-state index in [1.165, 1.54) is 0 Å². The zero-order valence-corrected chi connectivity index (χ0v) is 14.2. The van der Waals surface area contributed by atoms with Gasteiger partial charge in [-0.25, -0.2) is 0 Å². The largest absolute Gasteiger partial charge is 0.355 e. The molecule has 1 atom stereocenters. The summed E-state index contributed by atoms with van der Waals surface area (Å²) in [5.41, 5.74) is 6.90. The highest BCUT2D eigenvalue weighted by Gasteiger charge is 2.30. The number of aromatic nitrogens is 2. The second-order valence-electron chi connectivity index (χ2n) is 6.40. The molecule has 0 saturated carbocycles. The summed E-state index contributed by atoms with van der Waals surface area (Å²) in [4.78, 5) is 26.5. The van der Waals surface area contributed by atoms with Crippen molar-refractivity contribution in [2.24, 2.45) is 18.7 Å². The van der Waals surface area contributed by atoms with E-state index in [0.717, 1.165) is 18.5 Å². The first-order chi connectivity index (χ1) is 10.9. The normalized spacial score (nSPS) is 18.3. The van der Waals surface area contributed by atoms with Crippen LogP contribution in [0.3, 0.4) is 0 Å². The molecule has 1 aromatic rings. The molecule has 23 heavy (non-hydrogen) atoms. The van der Waals surface area contributed by atoms with E-state index in [9.17, 15) is 9.59 Å². The first-order valence-corrected chi connectivity index (χ1v) is 8.25. The Kier molecular flexibility index (Phi) is 5.76. The van der Waals surface area contributed by atoms with Crippen LogP contribution in [0.2, 0.25) is 0 Å². The fourth-order valence-corrected chi connectivity index (χ4v) is 3.00. The van der Waals surface area contributed by atoms with Gasteiger partial charge in [-0.15, -0.1) is 0 Å². The molecule has 7 nitrogen and oxygen atoms in total. The van der Waals surface area contributed by atoms with Gasteiger partial charge < -0.3 is 16.0 Å². The molecule has 1 aliphatic heterocycles. The van der Waals surface area contributed by atoms with Gasteiger partial charge in [0, 0.05) is 38.9 Å². The molecular formula is C16H27N5O2. The lowest BCUT2D eigenvalue weighted by molar-refractivity contribution is -0.126. The van der Waals surface area contributed by atoms with Crippen molar-refractivity contribution in [1.82, 2.24) is 20.0 Å². The van der Waals surface area contributed by atoms with E-state index in [-0.39, 0.29) is 17.7 Å². The summed E-state index contributed by atoms with van der Waals surface area (Å²) in [5, 5.41) is 7.14. The van der Waals surface area contributed by atoms with Crippen LogP contribution in [0.1, 0.15) is 48.8 Å². The van der Waals surface area contributed by atoms with Crippen molar-refractivity contribution in [1.29, 1.82) is 0 Å². The fraction of sp³-hybridized carbons (Fsp3) is 0.688. The number of aryl methyl sites for hydroxylation is 1. The van der Waals surface area contributed by atoms with Crippen molar-refractivity contribution in [3.63, 3.8) is 0 Å². The molecule has 7 heteroatoms. The quantitative estimate of drug-likeness (QED) is 0.824. The van der Waals surface area contributed by atoms with Crippen LogP contribution in [0.4, 0.5) is 0 Å². The molecular weight excluding hydrogens is 294 g/mol. The van der Waals surface area contributed by atoms with E-state index < -0.39 is 0 Å². The van der Waals surface area contributed by atoms with Crippen LogP contribution in [0.25, 0.3) is 0 Å². The molecule has 0 aromatic carbocycles. The topological polar surface area (TPSA) is 93.2 Å². The van der Waals surface area contributed by atoms with Gasteiger partial charge in [0.1, 0.15) is 0 Å². The van der Waals surface area contributed by atoms with Gasteiger partial charge in [-0.2, -0.15) is 5.10 Å². The maximum atomic E-state index is 12.7. The molecule has 1 aliphatic rings. The Bertz CT molecular complexity index is 567. The number of carbonyl (C=O) groups excluding carboxylic acids is 2. The lowest BCUT2D eigenvalue weighted by Gasteiger charge is -2.31. The first-order valence-electron chi connectivity index (χ1n) is 8.25. The number of amides is 2. The molecule has 1 fully saturated rings. The molecule has 0 bridgehead atoms. The number of rotatable bonds is 5. The van der Waals surface area contributed by atoms with Crippen LogP contribution in [-0.4, -0.2) is 52.7 Å². The molecule has 2 heterocycles. The molecule has 1 aromatic heterocycles. The van der Waals surface area contributed by atoms with Gasteiger partial charge in [0.25, 0.3) is 5.91 Å². The summed E-state index contributed by atoms with van der Waals surface area (Å²) in [5.74, 6) is 0.0402. The predicted octanol–water partition coefficient (Wildman–Crippen LogP) is 0.471. The lowest BCUT2D eigenvalue weighted by atomic mass is 9.97. The molecule has 0 spiro atoms. The van der Waals surface area contributed by atoms with Gasteiger partial charge in [-0.1, -0.05) is 13.8 Å². The highest BCUT2D eigenvalue weighted by molar-refractivity contribution is 5.93. The van der Waals surface area contributed by atoms with Gasteiger partial charge in [0.05, 0.1) is 5.92 Å². The third-order valence-electron chi connectivity index (χ3n) is 4.25. The SMILES string of the molecule is CC(C)c1cc(C(=O)N2CCCC(C(=O)NCCN)C2)nn1C. The third-order valence-corrected chi connectivity index (χ3v) is 4.25. The average Bonchev–Trinajstić information content (AvgIpc) is 2.94. The minimum absolute atomic E-state index is 0.0168. The summed E-state index contributed by atoms with van der Waals surface area (Å²) in [6, 6.07) is 1.85. The van der Waals surface area contributed by atoms with Crippen molar-refractivity contribution in [3.05, 3.63) is 17.5 Å². The third kappa shape index (κ3) is 4.10. The lowest BCUT2D eigenvalue weighted by Crippen LogP contribution is -2.46. The van der Waals surface area contributed by atoms with Crippen LogP contribution in [0.15, 0.2) is 6.07 Å². The Morgan fingerprint density at radius 3 is 2.83 bits per heavy atom. The van der Waals surface area contributed by atoms with Gasteiger partial charge in [-0.05, 0) is 24.8 Å². The number of hydrogen-bond donors (Lipinski definition) is 2. The maximum absolute atomic E-state index is 12.7. The molecule has 0 aliphatic carbocycles. The Morgan fingerprint density at radius 1 is 1.48 bits per heavy atom. The molecule has 0 radical (unpaired) electrons. The van der Waals surface area contributed by atoms with E-state index in [1.54, 1.807) is 9.58 Å². The van der Waals surface area contributed by atoms with E-state index in [0.29, 0.717) is 37.8 Å². The summed E-state index contributed by atoms with van der Waals surface area (Å²) < 4.78 is 1.76. The number of hydrogen-bond acceptors (Lipinski definition) is 4. The summed E-state index contributed by atoms with van der Waals surface area (Å²) >= 11 is 0. The van der Waals surface area contributed by atoms with E-state index >= 15 is 0 Å². The predicted molar refractivity (Wildman–Crippen MR) is 88.0 cm³/mol. The van der Waals surface area contributed by atoms with Gasteiger partial charge in [0.15, 0.2) is 5.69 Å². The molecule has 1 saturated heterocycles. The second-order valence-corrected chi connectivity index (χ2v) is 6.40. The van der Waals surface area contributed by atoms with E-state index in [4.69, 9.17) is 5.73 Å². The number of likely N-dealkylation sites (tertiary alicyclic amines) is 1. The van der Waals surface area contributed by atoms with E-state index in [1.807, 2.05) is 13.1 Å². The van der Waals surface area contributed by atoms with Crippen molar-refractivity contribution >= 4 is 11.8 Å². The number of nitrogens with one attached hydrogen (secondary N) is 1. The minimum Gasteiger partial charge on any atom is -0.355 e. The standard InChI is InChI=1S/C16H27N5O2/c1-11(2)14-9-13(19-20(14)3)16(23)21-8-4-5-12(10-21)15(22)18-7-6-17/h9,11-12H,4-8,10,17H2,1-3H3,(H,18,22). The fourth-order valence-electron chi connectivity index (χ4n) is 3.00. The van der Waals surface area contributed by atoms with Crippen molar-refractivity contribution in [3.8, 4) is 0 Å². The Labute approximate surface area is 137 Å². The molecule has 3 N–H and O–H groups in total. The maximum Gasteiger partial charge on any atom is 0.274 e. The van der Waals surface area contributed by atoms with Gasteiger partial charge in [-0.3, -0.25) is 14.3 Å². The molecule has 128 valence electrons. The number of carbonyl (C=O) groups is 2. The van der Waals surface area contributed by atoms with E-state index in [2.05, 4.69) is 24.3 Å². The first kappa shape index (κ1) is 17.5. The van der Waals surface area contributed by atoms with Crippen LogP contribution in [0, 0.1) is 5.92 Å². The Hall–Kier alpha value is -1.89. The van der Waals surface area contributed by atoms with Crippen LogP contribution in [0.5, 0.6) is 0 Å². The van der Waals surface area contributed by atoms with Gasteiger partial charge in [0.2, 0.25) is 5.91 Å². The minimum atomic E-state index is -0.160. The van der Waals surface area contributed by atoms with Crippen LogP contribution in [-0.2, 0) is 11.8 Å². The summed E-state index contributed by atoms with van der Waals surface area (Å²) in [6.07, 6.45) is 1.63. The van der Waals surface area contributed by atoms with Crippen LogP contribution >= 0.6 is 0 Å². The number of piperidine rings is 1. The summed E-state index contributed by atoms with van der Waals surface area (Å²) in [7, 11) is 1.85. The highest BCUT2D eigenvalue weighted by Crippen LogP contribution is 2.20. The van der Waals surface area contributed by atoms with Crippen molar-refractivity contribution in [2.75, 3.05) is 26.2 Å². The van der Waals surface area contributed by atoms with Crippen molar-refractivity contribution in [2.45, 2.75) is 32.6 Å². The summed E-state index contributed by atoms with van der Waals surface area (Å²) in [6.45, 7) is 6.16. The highest BCUT2D eigenvalue weighted by atomic mass is 16.2. The Morgan fingerprint density at radius 2 is 2.22 bits per heavy atom. The molecule has 2 rings (SSSR count). The molecule has 1 unspecified atom stereocenters. The zero-order chi connectivity index (χ0) is 17.0. The number of nitrogens with zero attached hydrogens (tertiary/aromatic N) is 3. The van der Waals surface area contributed by atoms with Gasteiger partial charge >= 0.3 is 0 Å². The average molecular weight is 321 g/mol. The monoisotopic (exact) mass is 321 g/mol.